The van der Waals surface area contributed by atoms with Crippen molar-refractivity contribution in [2.75, 3.05) is 95.1 Å². The molecule has 0 heterocycles. The van der Waals surface area contributed by atoms with Gasteiger partial charge in [-0.05, 0) is 149 Å². The Labute approximate surface area is 431 Å². The number of halogens is 6. The standard InChI is InChI=1S/C9H12ClNO.C8H11ClN2.C8H10ClNO2.C8H10ClNO.C7H8BrNO.C7H8INO/c1-2-5-12-9-4-3-7(11)6-8(9)10;1-11(2)7-5-3-4-6(9)8(7)10;1-11-6-4-3-5(10)8(12-2)7(6)9;1-2-11-8-4-3-6(10)5-7(8)9;2*1-10-7-3-2-5(9)4-6(7)8/h3-4,6H,2,5,11H2,1H3;3-5H,10H2,1-2H3;3-4H,10H2,1-2H3;3-5H,2,10H2,1H3;2*2-4H,9H2,1H3. The van der Waals surface area contributed by atoms with Crippen molar-refractivity contribution in [2.24, 2.45) is 0 Å². The topological polar surface area (TPSA) is 215 Å². The van der Waals surface area contributed by atoms with Gasteiger partial charge >= 0.3 is 0 Å². The molecule has 0 spiro atoms. The van der Waals surface area contributed by atoms with Gasteiger partial charge < -0.3 is 67.7 Å². The second kappa shape index (κ2) is 31.9. The van der Waals surface area contributed by atoms with Crippen LogP contribution in [0.1, 0.15) is 20.3 Å². The molecular weight excluding hydrogens is 1110 g/mol. The van der Waals surface area contributed by atoms with Crippen molar-refractivity contribution < 1.29 is 28.4 Å². The Morgan fingerprint density at radius 3 is 1.44 bits per heavy atom. The number of nitrogen functional groups attached to an aromatic ring is 6. The summed E-state index contributed by atoms with van der Waals surface area (Å²) in [6.07, 6.45) is 0.973. The van der Waals surface area contributed by atoms with Gasteiger partial charge in [0.25, 0.3) is 0 Å². The predicted octanol–water partition coefficient (Wildman–Crippen LogP) is 12.9. The molecule has 0 saturated heterocycles. The fourth-order valence-corrected chi connectivity index (χ4v) is 7.14. The largest absolute Gasteiger partial charge is 0.496 e. The van der Waals surface area contributed by atoms with Gasteiger partial charge in [-0.1, -0.05) is 59.4 Å². The molecule has 66 heavy (non-hydrogen) atoms. The van der Waals surface area contributed by atoms with Crippen molar-refractivity contribution in [3.63, 3.8) is 0 Å². The molecular formula is C47H59BrCl4IN7O6. The molecule has 6 rings (SSSR count). The molecule has 0 unspecified atom stereocenters. The van der Waals surface area contributed by atoms with Crippen LogP contribution in [0, 0.1) is 3.57 Å². The fourth-order valence-electron chi connectivity index (χ4n) is 4.83. The van der Waals surface area contributed by atoms with Crippen LogP contribution in [-0.2, 0) is 0 Å². The van der Waals surface area contributed by atoms with E-state index in [0.29, 0.717) is 79.1 Å². The van der Waals surface area contributed by atoms with Gasteiger partial charge in [0.05, 0.1) is 81.8 Å². The van der Waals surface area contributed by atoms with E-state index < -0.39 is 0 Å². The Morgan fingerprint density at radius 2 is 1.02 bits per heavy atom. The summed E-state index contributed by atoms with van der Waals surface area (Å²) in [5, 5.41) is 2.14. The molecule has 360 valence electrons. The molecule has 0 aliphatic rings. The molecule has 0 fully saturated rings. The summed E-state index contributed by atoms with van der Waals surface area (Å²) < 4.78 is 32.5. The van der Waals surface area contributed by atoms with Gasteiger partial charge in [0, 0.05) is 36.8 Å². The number of benzene rings is 6. The number of anilines is 7. The van der Waals surface area contributed by atoms with E-state index in [9.17, 15) is 0 Å². The Bertz CT molecular complexity index is 2340. The van der Waals surface area contributed by atoms with Crippen LogP contribution in [0.2, 0.25) is 20.1 Å². The minimum absolute atomic E-state index is 0.403. The minimum Gasteiger partial charge on any atom is -0.496 e. The van der Waals surface area contributed by atoms with Crippen LogP contribution in [0.4, 0.5) is 39.8 Å². The molecule has 6 aromatic rings. The quantitative estimate of drug-likeness (QED) is 0.0557. The summed E-state index contributed by atoms with van der Waals surface area (Å²) in [4.78, 5) is 1.93. The molecule has 0 radical (unpaired) electrons. The molecule has 12 N–H and O–H groups in total. The second-order valence-electron chi connectivity index (χ2n) is 13.2. The average molecular weight is 1170 g/mol. The van der Waals surface area contributed by atoms with Gasteiger partial charge in [-0.15, -0.1) is 0 Å². The lowest BCUT2D eigenvalue weighted by Crippen LogP contribution is -2.10. The van der Waals surface area contributed by atoms with Gasteiger partial charge in [0.15, 0.2) is 5.75 Å². The average Bonchev–Trinajstić information content (AvgIpc) is 3.27. The highest BCUT2D eigenvalue weighted by Crippen LogP contribution is 2.38. The van der Waals surface area contributed by atoms with Crippen LogP contribution in [0.3, 0.4) is 0 Å². The molecule has 6 aromatic carbocycles. The highest BCUT2D eigenvalue weighted by Gasteiger charge is 2.10. The van der Waals surface area contributed by atoms with Crippen LogP contribution < -0.4 is 67.7 Å². The molecule has 0 aromatic heterocycles. The second-order valence-corrected chi connectivity index (χ2v) is 16.8. The summed E-state index contributed by atoms with van der Waals surface area (Å²) in [6, 6.07) is 30.4. The number of ether oxygens (including phenoxy) is 6. The van der Waals surface area contributed by atoms with Gasteiger partial charge in [0.2, 0.25) is 0 Å². The molecule has 13 nitrogen and oxygen atoms in total. The third kappa shape index (κ3) is 21.2. The normalized spacial score (nSPS) is 9.61. The van der Waals surface area contributed by atoms with Crippen LogP contribution in [0.15, 0.2) is 108 Å². The summed E-state index contributed by atoms with van der Waals surface area (Å²) >= 11 is 28.8. The third-order valence-electron chi connectivity index (χ3n) is 8.05. The SMILES string of the molecule is CCCOc1ccc(N)cc1Cl.CCOc1ccc(N)cc1Cl.CN(C)c1cccc(Cl)c1N.COc1ccc(N)c(OC)c1Cl.COc1ccc(N)cc1Br.COc1ccc(N)cc1I. The van der Waals surface area contributed by atoms with Crippen LogP contribution in [-0.4, -0.2) is 55.7 Å². The van der Waals surface area contributed by atoms with E-state index in [2.05, 4.69) is 38.5 Å². The van der Waals surface area contributed by atoms with E-state index in [0.717, 1.165) is 43.0 Å². The van der Waals surface area contributed by atoms with E-state index in [1.165, 1.54) is 14.2 Å². The Hall–Kier alpha value is -4.91. The lowest BCUT2D eigenvalue weighted by atomic mass is 10.2. The number of hydrogen-bond donors (Lipinski definition) is 6. The van der Waals surface area contributed by atoms with Gasteiger partial charge in [-0.25, -0.2) is 0 Å². The van der Waals surface area contributed by atoms with E-state index in [-0.39, 0.29) is 0 Å². The summed E-state index contributed by atoms with van der Waals surface area (Å²) in [5.41, 5.74) is 38.2. The third-order valence-corrected chi connectivity index (χ3v) is 10.8. The van der Waals surface area contributed by atoms with Gasteiger partial charge in [-0.2, -0.15) is 0 Å². The first-order chi connectivity index (χ1) is 31.3. The number of hydrogen-bond acceptors (Lipinski definition) is 13. The first-order valence-corrected chi connectivity index (χ1v) is 23.1. The maximum absolute atomic E-state index is 5.88. The smallest absolute Gasteiger partial charge is 0.164 e. The number of rotatable bonds is 10. The van der Waals surface area contributed by atoms with Gasteiger partial charge in [0.1, 0.15) is 33.8 Å². The van der Waals surface area contributed by atoms with Crippen molar-refractivity contribution in [1.82, 2.24) is 0 Å². The maximum Gasteiger partial charge on any atom is 0.164 e. The zero-order chi connectivity index (χ0) is 49.9. The zero-order valence-electron chi connectivity index (χ0n) is 38.1. The molecule has 0 bridgehead atoms. The Balaban J connectivity index is 0.000000397. The predicted molar refractivity (Wildman–Crippen MR) is 293 cm³/mol. The molecule has 0 amide bonds. The molecule has 0 aliphatic carbocycles. The maximum atomic E-state index is 5.88. The van der Waals surface area contributed by atoms with Crippen molar-refractivity contribution >= 4 is 125 Å². The minimum atomic E-state index is 0.403. The van der Waals surface area contributed by atoms with E-state index in [1.54, 1.807) is 80.9 Å². The number of methoxy groups -OCH3 is 4. The Kier molecular flexibility index (Phi) is 28.6. The van der Waals surface area contributed by atoms with Crippen LogP contribution >= 0.6 is 84.9 Å². The van der Waals surface area contributed by atoms with E-state index in [1.807, 2.05) is 69.2 Å². The number of para-hydroxylation sites is 1. The molecule has 0 aliphatic heterocycles. The van der Waals surface area contributed by atoms with Crippen molar-refractivity contribution in [1.29, 1.82) is 0 Å². The lowest BCUT2D eigenvalue weighted by Gasteiger charge is -2.15. The molecule has 0 saturated carbocycles. The molecule has 19 heteroatoms. The van der Waals surface area contributed by atoms with Crippen LogP contribution in [0.5, 0.6) is 34.5 Å². The zero-order valence-corrected chi connectivity index (χ0v) is 44.8. The van der Waals surface area contributed by atoms with Gasteiger partial charge in [-0.3, -0.25) is 0 Å². The first-order valence-electron chi connectivity index (χ1n) is 19.7. The summed E-state index contributed by atoms with van der Waals surface area (Å²) in [5.74, 6) is 4.07. The molecule has 0 atom stereocenters. The lowest BCUT2D eigenvalue weighted by molar-refractivity contribution is 0.317. The van der Waals surface area contributed by atoms with E-state index >= 15 is 0 Å². The summed E-state index contributed by atoms with van der Waals surface area (Å²) in [6.45, 7) is 5.26. The highest BCUT2D eigenvalue weighted by molar-refractivity contribution is 14.1. The monoisotopic (exact) mass is 1160 g/mol. The van der Waals surface area contributed by atoms with Crippen molar-refractivity contribution in [3.8, 4) is 34.5 Å². The number of nitrogens with zero attached hydrogens (tertiary/aromatic N) is 1. The summed E-state index contributed by atoms with van der Waals surface area (Å²) in [7, 11) is 10.2. The van der Waals surface area contributed by atoms with E-state index in [4.69, 9.17) is 109 Å². The van der Waals surface area contributed by atoms with Crippen molar-refractivity contribution in [2.45, 2.75) is 20.3 Å². The highest BCUT2D eigenvalue weighted by atomic mass is 127. The fraction of sp³-hybridized carbons (Fsp3) is 0.234. The number of nitrogens with two attached hydrogens (primary N) is 6. The Morgan fingerprint density at radius 1 is 0.545 bits per heavy atom. The first kappa shape index (κ1) is 59.1. The van der Waals surface area contributed by atoms with Crippen LogP contribution in [0.25, 0.3) is 0 Å². The van der Waals surface area contributed by atoms with Crippen molar-refractivity contribution in [3.05, 3.63) is 131 Å².